The molecule has 0 aliphatic carbocycles. The van der Waals surface area contributed by atoms with Gasteiger partial charge in [0, 0.05) is 18.1 Å². The van der Waals surface area contributed by atoms with Gasteiger partial charge in [0.2, 0.25) is 5.91 Å². The molecule has 1 saturated heterocycles. The molecule has 1 aliphatic rings. The van der Waals surface area contributed by atoms with Crippen molar-refractivity contribution in [1.29, 1.82) is 0 Å². The van der Waals surface area contributed by atoms with Gasteiger partial charge in [0.25, 0.3) is 0 Å². The van der Waals surface area contributed by atoms with Crippen LogP contribution in [0, 0.1) is 0 Å². The monoisotopic (exact) mass is 314 g/mol. The zero-order valence-electron chi connectivity index (χ0n) is 12.5. The van der Waals surface area contributed by atoms with Crippen molar-refractivity contribution in [2.24, 2.45) is 5.73 Å². The number of nitrogens with two attached hydrogens (primary N) is 1. The van der Waals surface area contributed by atoms with Crippen LogP contribution in [-0.2, 0) is 10.2 Å². The predicted molar refractivity (Wildman–Crippen MR) is 88.8 cm³/mol. The molecular weight excluding hydrogens is 296 g/mol. The highest BCUT2D eigenvalue weighted by atomic mass is 35.5. The highest BCUT2D eigenvalue weighted by molar-refractivity contribution is 6.30. The normalized spacial score (nSPS) is 24.2. The summed E-state index contributed by atoms with van der Waals surface area (Å²) in [6.45, 7) is 3.03. The van der Waals surface area contributed by atoms with E-state index in [1.807, 2.05) is 66.4 Å². The number of benzene rings is 2. The lowest BCUT2D eigenvalue weighted by Gasteiger charge is -2.55. The lowest BCUT2D eigenvalue weighted by atomic mass is 9.65. The molecule has 0 aromatic heterocycles. The van der Waals surface area contributed by atoms with Crippen molar-refractivity contribution < 1.29 is 4.79 Å². The second-order valence-electron chi connectivity index (χ2n) is 5.81. The van der Waals surface area contributed by atoms with Gasteiger partial charge in [-0.15, -0.1) is 0 Å². The van der Waals surface area contributed by atoms with E-state index >= 15 is 0 Å². The van der Waals surface area contributed by atoms with Gasteiger partial charge in [-0.2, -0.15) is 0 Å². The van der Waals surface area contributed by atoms with Crippen molar-refractivity contribution in [2.45, 2.75) is 18.4 Å². The molecule has 1 heterocycles. The molecule has 2 aromatic carbocycles. The lowest BCUT2D eigenvalue weighted by Crippen LogP contribution is -2.65. The van der Waals surface area contributed by atoms with Crippen molar-refractivity contribution in [3.8, 4) is 0 Å². The van der Waals surface area contributed by atoms with Crippen LogP contribution >= 0.6 is 11.6 Å². The molecule has 0 radical (unpaired) electrons. The Balaban J connectivity index is 2.05. The predicted octanol–water partition coefficient (Wildman–Crippen LogP) is 3.14. The van der Waals surface area contributed by atoms with E-state index in [1.165, 1.54) is 0 Å². The summed E-state index contributed by atoms with van der Waals surface area (Å²) >= 11 is 5.99. The molecule has 1 fully saturated rings. The molecule has 1 aliphatic heterocycles. The van der Waals surface area contributed by atoms with Crippen molar-refractivity contribution in [2.75, 3.05) is 13.1 Å². The Bertz CT molecular complexity index is 671. The van der Waals surface area contributed by atoms with Crippen molar-refractivity contribution >= 4 is 17.5 Å². The number of β-lactam (4-membered cyclic amide) rings is 1. The average molecular weight is 315 g/mol. The lowest BCUT2D eigenvalue weighted by molar-refractivity contribution is -0.160. The van der Waals surface area contributed by atoms with E-state index in [0.29, 0.717) is 18.1 Å². The SMILES string of the molecule is C[C@]1(c2ccccc2)C(=O)N(CCN)[C@@H]1c1ccc(Cl)cc1. The molecule has 2 atom stereocenters. The van der Waals surface area contributed by atoms with Crippen LogP contribution in [0.2, 0.25) is 5.02 Å². The highest BCUT2D eigenvalue weighted by Gasteiger charge is 2.58. The van der Waals surface area contributed by atoms with Crippen molar-refractivity contribution in [3.05, 3.63) is 70.7 Å². The third-order valence-electron chi connectivity index (χ3n) is 4.49. The summed E-state index contributed by atoms with van der Waals surface area (Å²) in [7, 11) is 0. The molecule has 3 nitrogen and oxygen atoms in total. The summed E-state index contributed by atoms with van der Waals surface area (Å²) in [6.07, 6.45) is 0. The molecule has 114 valence electrons. The van der Waals surface area contributed by atoms with Crippen LogP contribution in [0.3, 0.4) is 0 Å². The van der Waals surface area contributed by atoms with Gasteiger partial charge in [-0.05, 0) is 30.2 Å². The molecule has 4 heteroatoms. The summed E-state index contributed by atoms with van der Waals surface area (Å²) in [6, 6.07) is 17.6. The number of hydrogen-bond acceptors (Lipinski definition) is 2. The van der Waals surface area contributed by atoms with Gasteiger partial charge in [0.15, 0.2) is 0 Å². The number of rotatable bonds is 4. The number of hydrogen-bond donors (Lipinski definition) is 1. The number of likely N-dealkylation sites (tertiary alicyclic amines) is 1. The van der Waals surface area contributed by atoms with Gasteiger partial charge in [-0.1, -0.05) is 54.1 Å². The molecule has 2 N–H and O–H groups in total. The number of carbonyl (C=O) groups excluding carboxylic acids is 1. The summed E-state index contributed by atoms with van der Waals surface area (Å²) < 4.78 is 0. The Kier molecular flexibility index (Phi) is 3.94. The fraction of sp³-hybridized carbons (Fsp3) is 0.278. The van der Waals surface area contributed by atoms with Crippen LogP contribution in [0.1, 0.15) is 24.1 Å². The molecule has 0 bridgehead atoms. The topological polar surface area (TPSA) is 46.3 Å². The zero-order chi connectivity index (χ0) is 15.7. The second-order valence-corrected chi connectivity index (χ2v) is 6.25. The summed E-state index contributed by atoms with van der Waals surface area (Å²) in [5, 5.41) is 0.696. The average Bonchev–Trinajstić information content (AvgIpc) is 2.56. The van der Waals surface area contributed by atoms with Crippen molar-refractivity contribution in [3.63, 3.8) is 0 Å². The molecule has 0 unspecified atom stereocenters. The van der Waals surface area contributed by atoms with Gasteiger partial charge in [0.05, 0.1) is 11.5 Å². The molecule has 2 aromatic rings. The van der Waals surface area contributed by atoms with Gasteiger partial charge in [-0.25, -0.2) is 0 Å². The number of nitrogens with zero attached hydrogens (tertiary/aromatic N) is 1. The summed E-state index contributed by atoms with van der Waals surface area (Å²) in [5.74, 6) is 0.129. The summed E-state index contributed by atoms with van der Waals surface area (Å²) in [4.78, 5) is 14.6. The van der Waals surface area contributed by atoms with E-state index in [0.717, 1.165) is 11.1 Å². The first-order chi connectivity index (χ1) is 10.6. The van der Waals surface area contributed by atoms with Crippen LogP contribution in [0.15, 0.2) is 54.6 Å². The number of carbonyl (C=O) groups is 1. The van der Waals surface area contributed by atoms with E-state index in [4.69, 9.17) is 17.3 Å². The maximum Gasteiger partial charge on any atom is 0.236 e. The van der Waals surface area contributed by atoms with E-state index < -0.39 is 5.41 Å². The van der Waals surface area contributed by atoms with Crippen LogP contribution in [0.5, 0.6) is 0 Å². The number of amides is 1. The van der Waals surface area contributed by atoms with Crippen LogP contribution in [0.25, 0.3) is 0 Å². The maximum absolute atomic E-state index is 12.8. The molecule has 3 rings (SSSR count). The minimum atomic E-state index is -0.551. The fourth-order valence-electron chi connectivity index (χ4n) is 3.37. The Morgan fingerprint density at radius 1 is 1.14 bits per heavy atom. The van der Waals surface area contributed by atoms with E-state index in [2.05, 4.69) is 0 Å². The highest BCUT2D eigenvalue weighted by Crippen LogP contribution is 2.51. The minimum absolute atomic E-state index is 0.0109. The Morgan fingerprint density at radius 3 is 2.36 bits per heavy atom. The molecular formula is C18H19ClN2O. The molecule has 22 heavy (non-hydrogen) atoms. The Labute approximate surface area is 135 Å². The van der Waals surface area contributed by atoms with Crippen LogP contribution in [0.4, 0.5) is 0 Å². The first kappa shape index (κ1) is 15.1. The Morgan fingerprint density at radius 2 is 1.77 bits per heavy atom. The largest absolute Gasteiger partial charge is 0.332 e. The zero-order valence-corrected chi connectivity index (χ0v) is 13.3. The first-order valence-electron chi connectivity index (χ1n) is 7.41. The quantitative estimate of drug-likeness (QED) is 0.881. The Hall–Kier alpha value is -1.84. The van der Waals surface area contributed by atoms with E-state index in [-0.39, 0.29) is 11.9 Å². The third kappa shape index (κ3) is 2.21. The van der Waals surface area contributed by atoms with Gasteiger partial charge in [-0.3, -0.25) is 4.79 Å². The molecule has 1 amide bonds. The molecule has 0 saturated carbocycles. The second kappa shape index (κ2) is 5.75. The van der Waals surface area contributed by atoms with Gasteiger partial charge >= 0.3 is 0 Å². The van der Waals surface area contributed by atoms with Crippen LogP contribution < -0.4 is 5.73 Å². The van der Waals surface area contributed by atoms with Crippen LogP contribution in [-0.4, -0.2) is 23.9 Å². The van der Waals surface area contributed by atoms with E-state index in [9.17, 15) is 4.79 Å². The maximum atomic E-state index is 12.8. The molecule has 0 spiro atoms. The summed E-state index contributed by atoms with van der Waals surface area (Å²) in [5.41, 5.74) is 7.25. The van der Waals surface area contributed by atoms with Crippen molar-refractivity contribution in [1.82, 2.24) is 4.90 Å². The van der Waals surface area contributed by atoms with Gasteiger partial charge < -0.3 is 10.6 Å². The third-order valence-corrected chi connectivity index (χ3v) is 4.74. The minimum Gasteiger partial charge on any atom is -0.332 e. The first-order valence-corrected chi connectivity index (χ1v) is 7.79. The van der Waals surface area contributed by atoms with E-state index in [1.54, 1.807) is 0 Å². The number of halogens is 1. The standard InChI is InChI=1S/C18H19ClN2O/c1-18(14-5-3-2-4-6-14)16(21(12-11-20)17(18)22)13-7-9-15(19)10-8-13/h2-10,16H,11-12,20H2,1H3/t16-,18-/m1/s1. The smallest absolute Gasteiger partial charge is 0.236 e. The fourth-order valence-corrected chi connectivity index (χ4v) is 3.50. The van der Waals surface area contributed by atoms with Gasteiger partial charge in [0.1, 0.15) is 0 Å².